The Labute approximate surface area is 110 Å². The van der Waals surface area contributed by atoms with Gasteiger partial charge < -0.3 is 10.1 Å². The Morgan fingerprint density at radius 3 is 2.61 bits per heavy atom. The molecular formula is C14H26N2O2. The van der Waals surface area contributed by atoms with Crippen molar-refractivity contribution in [3.63, 3.8) is 0 Å². The highest BCUT2D eigenvalue weighted by molar-refractivity contribution is 5.68. The van der Waals surface area contributed by atoms with Crippen molar-refractivity contribution < 1.29 is 9.53 Å². The van der Waals surface area contributed by atoms with E-state index < -0.39 is 5.60 Å². The second-order valence-corrected chi connectivity index (χ2v) is 6.93. The van der Waals surface area contributed by atoms with Gasteiger partial charge in [-0.3, -0.25) is 4.90 Å². The average molecular weight is 254 g/mol. The third kappa shape index (κ3) is 3.61. The van der Waals surface area contributed by atoms with Crippen LogP contribution < -0.4 is 5.32 Å². The molecule has 0 unspecified atom stereocenters. The van der Waals surface area contributed by atoms with Crippen molar-refractivity contribution in [3.8, 4) is 0 Å². The number of nitrogens with zero attached hydrogens (tertiary/aromatic N) is 1. The molecule has 0 spiro atoms. The van der Waals surface area contributed by atoms with Gasteiger partial charge in [-0.2, -0.15) is 0 Å². The normalized spacial score (nSPS) is 27.7. The fourth-order valence-corrected chi connectivity index (χ4v) is 2.56. The van der Waals surface area contributed by atoms with E-state index >= 15 is 0 Å². The summed E-state index contributed by atoms with van der Waals surface area (Å²) in [6.07, 6.45) is 4.54. The standard InChI is InChI=1S/C14H26N2O2/c1-13(2,3)18-12(17)15-11-6-5-9-16(10-11)14(4)7-8-14/h11H,5-10H2,1-4H3,(H,15,17)/t11-/m1/s1. The van der Waals surface area contributed by atoms with E-state index in [1.807, 2.05) is 20.8 Å². The fourth-order valence-electron chi connectivity index (χ4n) is 2.56. The topological polar surface area (TPSA) is 41.6 Å². The summed E-state index contributed by atoms with van der Waals surface area (Å²) < 4.78 is 5.31. The predicted molar refractivity (Wildman–Crippen MR) is 71.6 cm³/mol. The van der Waals surface area contributed by atoms with E-state index in [0.29, 0.717) is 5.54 Å². The molecule has 1 saturated heterocycles. The number of carbonyl (C=O) groups is 1. The van der Waals surface area contributed by atoms with Gasteiger partial charge in [0.2, 0.25) is 0 Å². The van der Waals surface area contributed by atoms with E-state index in [4.69, 9.17) is 4.74 Å². The molecule has 1 heterocycles. The molecular weight excluding hydrogens is 228 g/mol. The molecule has 1 saturated carbocycles. The van der Waals surface area contributed by atoms with E-state index in [1.165, 1.54) is 19.4 Å². The first-order valence-corrected chi connectivity index (χ1v) is 7.03. The van der Waals surface area contributed by atoms with Crippen LogP contribution in [0.4, 0.5) is 4.79 Å². The van der Waals surface area contributed by atoms with Crippen molar-refractivity contribution in [1.29, 1.82) is 0 Å². The van der Waals surface area contributed by atoms with Gasteiger partial charge in [-0.25, -0.2) is 4.79 Å². The highest BCUT2D eigenvalue weighted by atomic mass is 16.6. The van der Waals surface area contributed by atoms with E-state index in [-0.39, 0.29) is 12.1 Å². The molecule has 0 aromatic heterocycles. The molecule has 2 rings (SSSR count). The SMILES string of the molecule is CC(C)(C)OC(=O)N[C@@H]1CCCN(C2(C)CC2)C1. The van der Waals surface area contributed by atoms with Crippen molar-refractivity contribution in [2.24, 2.45) is 0 Å². The first-order valence-electron chi connectivity index (χ1n) is 7.03. The summed E-state index contributed by atoms with van der Waals surface area (Å²) in [6, 6.07) is 0.242. The van der Waals surface area contributed by atoms with Gasteiger partial charge >= 0.3 is 6.09 Å². The van der Waals surface area contributed by atoms with Crippen molar-refractivity contribution in [2.45, 2.75) is 70.6 Å². The van der Waals surface area contributed by atoms with Crippen LogP contribution in [-0.4, -0.2) is 41.3 Å². The largest absolute Gasteiger partial charge is 0.444 e. The van der Waals surface area contributed by atoms with E-state index in [1.54, 1.807) is 0 Å². The molecule has 1 aliphatic heterocycles. The Balaban J connectivity index is 1.81. The summed E-state index contributed by atoms with van der Waals surface area (Å²) in [7, 11) is 0. The zero-order valence-corrected chi connectivity index (χ0v) is 12.1. The molecule has 1 amide bonds. The Morgan fingerprint density at radius 1 is 1.39 bits per heavy atom. The number of likely N-dealkylation sites (tertiary alicyclic amines) is 1. The van der Waals surface area contributed by atoms with Crippen LogP contribution in [0.1, 0.15) is 53.4 Å². The quantitative estimate of drug-likeness (QED) is 0.823. The van der Waals surface area contributed by atoms with Crippen molar-refractivity contribution in [2.75, 3.05) is 13.1 Å². The van der Waals surface area contributed by atoms with Gasteiger partial charge in [-0.05, 0) is 59.9 Å². The Hall–Kier alpha value is -0.770. The van der Waals surface area contributed by atoms with Crippen LogP contribution in [-0.2, 0) is 4.74 Å². The number of ether oxygens (including phenoxy) is 1. The summed E-state index contributed by atoms with van der Waals surface area (Å²) >= 11 is 0. The Morgan fingerprint density at radius 2 is 2.06 bits per heavy atom. The number of hydrogen-bond acceptors (Lipinski definition) is 3. The fraction of sp³-hybridized carbons (Fsp3) is 0.929. The maximum absolute atomic E-state index is 11.7. The molecule has 2 aliphatic rings. The van der Waals surface area contributed by atoms with Crippen LogP contribution in [0, 0.1) is 0 Å². The maximum Gasteiger partial charge on any atom is 0.407 e. The van der Waals surface area contributed by atoms with Crippen LogP contribution in [0.3, 0.4) is 0 Å². The van der Waals surface area contributed by atoms with Crippen LogP contribution in [0.5, 0.6) is 0 Å². The summed E-state index contributed by atoms with van der Waals surface area (Å²) in [5, 5.41) is 3.00. The molecule has 1 atom stereocenters. The zero-order chi connectivity index (χ0) is 13.4. The van der Waals surface area contributed by atoms with E-state index in [0.717, 1.165) is 19.4 Å². The Kier molecular flexibility index (Phi) is 3.58. The van der Waals surface area contributed by atoms with Gasteiger partial charge in [0.05, 0.1) is 0 Å². The summed E-state index contributed by atoms with van der Waals surface area (Å²) in [5.74, 6) is 0. The number of amides is 1. The van der Waals surface area contributed by atoms with Crippen LogP contribution in [0.25, 0.3) is 0 Å². The van der Waals surface area contributed by atoms with Gasteiger partial charge in [-0.1, -0.05) is 0 Å². The minimum atomic E-state index is -0.416. The lowest BCUT2D eigenvalue weighted by molar-refractivity contribution is 0.0451. The average Bonchev–Trinajstić information content (AvgIpc) is 2.95. The lowest BCUT2D eigenvalue weighted by atomic mass is 10.0. The van der Waals surface area contributed by atoms with Crippen molar-refractivity contribution in [1.82, 2.24) is 10.2 Å². The molecule has 0 bridgehead atoms. The molecule has 4 nitrogen and oxygen atoms in total. The van der Waals surface area contributed by atoms with Crippen LogP contribution in [0.15, 0.2) is 0 Å². The van der Waals surface area contributed by atoms with Gasteiger partial charge in [0.25, 0.3) is 0 Å². The smallest absolute Gasteiger partial charge is 0.407 e. The molecule has 0 aromatic carbocycles. The molecule has 1 N–H and O–H groups in total. The second kappa shape index (κ2) is 4.72. The second-order valence-electron chi connectivity index (χ2n) is 6.93. The number of alkyl carbamates (subject to hydrolysis) is 1. The molecule has 1 aliphatic carbocycles. The zero-order valence-electron chi connectivity index (χ0n) is 12.1. The highest BCUT2D eigenvalue weighted by Crippen LogP contribution is 2.42. The van der Waals surface area contributed by atoms with Gasteiger partial charge in [0.1, 0.15) is 5.60 Å². The third-order valence-electron chi connectivity index (χ3n) is 3.88. The van der Waals surface area contributed by atoms with Gasteiger partial charge in [0.15, 0.2) is 0 Å². The summed E-state index contributed by atoms with van der Waals surface area (Å²) in [4.78, 5) is 14.3. The number of piperidine rings is 1. The number of carbonyl (C=O) groups excluding carboxylic acids is 1. The van der Waals surface area contributed by atoms with Crippen LogP contribution in [0.2, 0.25) is 0 Å². The monoisotopic (exact) mass is 254 g/mol. The molecule has 0 aromatic rings. The first-order chi connectivity index (χ1) is 8.28. The summed E-state index contributed by atoms with van der Waals surface area (Å²) in [6.45, 7) is 10.1. The third-order valence-corrected chi connectivity index (χ3v) is 3.88. The first kappa shape index (κ1) is 13.7. The minimum Gasteiger partial charge on any atom is -0.444 e. The lowest BCUT2D eigenvalue weighted by Crippen LogP contribution is -2.51. The van der Waals surface area contributed by atoms with Crippen molar-refractivity contribution >= 4 is 6.09 Å². The van der Waals surface area contributed by atoms with Gasteiger partial charge in [0, 0.05) is 18.1 Å². The summed E-state index contributed by atoms with van der Waals surface area (Å²) in [5.41, 5.74) is -0.00477. The van der Waals surface area contributed by atoms with E-state index in [9.17, 15) is 4.79 Å². The Bertz CT molecular complexity index is 318. The predicted octanol–water partition coefficient (Wildman–Crippen LogP) is 2.53. The number of hydrogen-bond donors (Lipinski definition) is 1. The molecule has 104 valence electrons. The lowest BCUT2D eigenvalue weighted by Gasteiger charge is -2.37. The molecule has 18 heavy (non-hydrogen) atoms. The number of rotatable bonds is 2. The molecule has 2 fully saturated rings. The molecule has 0 radical (unpaired) electrons. The van der Waals surface area contributed by atoms with Gasteiger partial charge in [-0.15, -0.1) is 0 Å². The highest BCUT2D eigenvalue weighted by Gasteiger charge is 2.44. The molecule has 4 heteroatoms. The van der Waals surface area contributed by atoms with Crippen LogP contribution >= 0.6 is 0 Å². The maximum atomic E-state index is 11.7. The minimum absolute atomic E-state index is 0.242. The van der Waals surface area contributed by atoms with E-state index in [2.05, 4.69) is 17.1 Å². The van der Waals surface area contributed by atoms with Crippen molar-refractivity contribution in [3.05, 3.63) is 0 Å². The number of nitrogens with one attached hydrogen (secondary N) is 1.